The summed E-state index contributed by atoms with van der Waals surface area (Å²) in [6.45, 7) is 0. The molecule has 82 valence electrons. The standard InChI is InChI=1S/C12H12N2O2/c15-11(9-3-5-13-7-9)1-2-12(16)10-4-6-14-8-10/h3-8,13-14H,1-2H2. The molecular weight excluding hydrogens is 204 g/mol. The highest BCUT2D eigenvalue weighted by Crippen LogP contribution is 2.08. The maximum Gasteiger partial charge on any atom is 0.164 e. The molecule has 2 N–H and O–H groups in total. The predicted molar refractivity (Wildman–Crippen MR) is 59.5 cm³/mol. The second kappa shape index (κ2) is 4.61. The fraction of sp³-hybridized carbons (Fsp3) is 0.167. The van der Waals surface area contributed by atoms with Gasteiger partial charge < -0.3 is 9.97 Å². The second-order valence-corrected chi connectivity index (χ2v) is 3.55. The Morgan fingerprint density at radius 3 is 1.62 bits per heavy atom. The van der Waals surface area contributed by atoms with Gasteiger partial charge in [0.15, 0.2) is 11.6 Å². The highest BCUT2D eigenvalue weighted by atomic mass is 16.1. The Bertz CT molecular complexity index is 423. The van der Waals surface area contributed by atoms with Crippen LogP contribution in [0.2, 0.25) is 0 Å². The molecule has 2 rings (SSSR count). The van der Waals surface area contributed by atoms with Gasteiger partial charge in [-0.3, -0.25) is 9.59 Å². The van der Waals surface area contributed by atoms with Crippen molar-refractivity contribution in [2.45, 2.75) is 12.8 Å². The third-order valence-corrected chi connectivity index (χ3v) is 2.42. The molecule has 4 nitrogen and oxygen atoms in total. The first kappa shape index (κ1) is 10.4. The lowest BCUT2D eigenvalue weighted by molar-refractivity contribution is 0.0917. The molecule has 0 aliphatic heterocycles. The summed E-state index contributed by atoms with van der Waals surface area (Å²) in [5.41, 5.74) is 1.25. The van der Waals surface area contributed by atoms with Crippen LogP contribution in [0, 0.1) is 0 Å². The van der Waals surface area contributed by atoms with Crippen molar-refractivity contribution in [2.75, 3.05) is 0 Å². The summed E-state index contributed by atoms with van der Waals surface area (Å²) in [6.07, 6.45) is 7.18. The highest BCUT2D eigenvalue weighted by molar-refractivity contribution is 6.01. The van der Waals surface area contributed by atoms with Crippen LogP contribution in [-0.2, 0) is 0 Å². The molecule has 0 aliphatic rings. The minimum atomic E-state index is -0.00913. The average molecular weight is 216 g/mol. The Morgan fingerprint density at radius 1 is 0.875 bits per heavy atom. The van der Waals surface area contributed by atoms with Gasteiger partial charge in [-0.25, -0.2) is 0 Å². The zero-order chi connectivity index (χ0) is 11.4. The van der Waals surface area contributed by atoms with Crippen molar-refractivity contribution in [1.29, 1.82) is 0 Å². The average Bonchev–Trinajstić information content (AvgIpc) is 2.95. The van der Waals surface area contributed by atoms with Crippen LogP contribution in [0.5, 0.6) is 0 Å². The van der Waals surface area contributed by atoms with Crippen LogP contribution in [-0.4, -0.2) is 21.5 Å². The van der Waals surface area contributed by atoms with E-state index in [1.54, 1.807) is 36.9 Å². The number of hydrogen-bond acceptors (Lipinski definition) is 2. The van der Waals surface area contributed by atoms with Crippen LogP contribution in [0.4, 0.5) is 0 Å². The minimum Gasteiger partial charge on any atom is -0.367 e. The second-order valence-electron chi connectivity index (χ2n) is 3.55. The zero-order valence-corrected chi connectivity index (χ0v) is 8.69. The van der Waals surface area contributed by atoms with Crippen LogP contribution in [0.15, 0.2) is 36.9 Å². The maximum absolute atomic E-state index is 11.6. The molecule has 0 saturated carbocycles. The van der Waals surface area contributed by atoms with Crippen molar-refractivity contribution in [2.24, 2.45) is 0 Å². The summed E-state index contributed by atoms with van der Waals surface area (Å²) in [6, 6.07) is 3.42. The molecule has 0 fully saturated rings. The Hall–Kier alpha value is -2.10. The molecule has 4 heteroatoms. The van der Waals surface area contributed by atoms with Crippen molar-refractivity contribution >= 4 is 11.6 Å². The molecule has 0 amide bonds. The van der Waals surface area contributed by atoms with Crippen LogP contribution in [0.3, 0.4) is 0 Å². The van der Waals surface area contributed by atoms with Gasteiger partial charge in [0.05, 0.1) is 0 Å². The van der Waals surface area contributed by atoms with Crippen molar-refractivity contribution in [3.05, 3.63) is 48.0 Å². The lowest BCUT2D eigenvalue weighted by Gasteiger charge is -1.97. The highest BCUT2D eigenvalue weighted by Gasteiger charge is 2.11. The van der Waals surface area contributed by atoms with E-state index in [1.807, 2.05) is 0 Å². The van der Waals surface area contributed by atoms with Gasteiger partial charge in [-0.05, 0) is 12.1 Å². The van der Waals surface area contributed by atoms with Crippen LogP contribution in [0.1, 0.15) is 33.6 Å². The van der Waals surface area contributed by atoms with Crippen LogP contribution >= 0.6 is 0 Å². The van der Waals surface area contributed by atoms with Crippen molar-refractivity contribution in [3.63, 3.8) is 0 Å². The summed E-state index contributed by atoms with van der Waals surface area (Å²) < 4.78 is 0. The molecule has 0 aliphatic carbocycles. The van der Waals surface area contributed by atoms with E-state index in [0.717, 1.165) is 0 Å². The number of carbonyl (C=O) groups excluding carboxylic acids is 2. The number of carbonyl (C=O) groups is 2. The molecule has 0 aromatic carbocycles. The van der Waals surface area contributed by atoms with E-state index in [2.05, 4.69) is 9.97 Å². The number of aromatic amines is 2. The minimum absolute atomic E-state index is 0.00913. The molecular formula is C12H12N2O2. The number of rotatable bonds is 5. The van der Waals surface area contributed by atoms with E-state index in [0.29, 0.717) is 11.1 Å². The van der Waals surface area contributed by atoms with Gasteiger partial charge in [0.1, 0.15) is 0 Å². The number of nitrogens with one attached hydrogen (secondary N) is 2. The van der Waals surface area contributed by atoms with Gasteiger partial charge in [-0.2, -0.15) is 0 Å². The zero-order valence-electron chi connectivity index (χ0n) is 8.69. The van der Waals surface area contributed by atoms with Gasteiger partial charge in [0, 0.05) is 48.8 Å². The summed E-state index contributed by atoms with van der Waals surface area (Å²) in [7, 11) is 0. The van der Waals surface area contributed by atoms with Gasteiger partial charge >= 0.3 is 0 Å². The summed E-state index contributed by atoms with van der Waals surface area (Å²) in [5, 5.41) is 0. The molecule has 0 atom stereocenters. The third kappa shape index (κ3) is 2.28. The quantitative estimate of drug-likeness (QED) is 0.752. The fourth-order valence-corrected chi connectivity index (χ4v) is 1.51. The maximum atomic E-state index is 11.6. The smallest absolute Gasteiger partial charge is 0.164 e. The number of Topliss-reactive ketones (excluding diaryl/α,β-unsaturated/α-hetero) is 2. The van der Waals surface area contributed by atoms with Gasteiger partial charge in [-0.15, -0.1) is 0 Å². The first-order valence-corrected chi connectivity index (χ1v) is 5.09. The Balaban J connectivity index is 1.89. The summed E-state index contributed by atoms with van der Waals surface area (Å²) in [5.74, 6) is -0.0183. The Kier molecular flexibility index (Phi) is 3.00. The van der Waals surface area contributed by atoms with Gasteiger partial charge in [0.2, 0.25) is 0 Å². The van der Waals surface area contributed by atoms with E-state index in [9.17, 15) is 9.59 Å². The first-order chi connectivity index (χ1) is 7.77. The van der Waals surface area contributed by atoms with Gasteiger partial charge in [0.25, 0.3) is 0 Å². The van der Waals surface area contributed by atoms with E-state index in [1.165, 1.54) is 0 Å². The molecule has 0 unspecified atom stereocenters. The number of hydrogen-bond donors (Lipinski definition) is 2. The predicted octanol–water partition coefficient (Wildman–Crippen LogP) is 2.19. The normalized spacial score (nSPS) is 10.2. The monoisotopic (exact) mass is 216 g/mol. The fourth-order valence-electron chi connectivity index (χ4n) is 1.51. The number of H-pyrrole nitrogens is 2. The molecule has 2 aromatic rings. The molecule has 0 radical (unpaired) electrons. The van der Waals surface area contributed by atoms with E-state index < -0.39 is 0 Å². The molecule has 0 bridgehead atoms. The topological polar surface area (TPSA) is 65.7 Å². The van der Waals surface area contributed by atoms with Crippen molar-refractivity contribution < 1.29 is 9.59 Å². The van der Waals surface area contributed by atoms with Crippen molar-refractivity contribution in [3.8, 4) is 0 Å². The van der Waals surface area contributed by atoms with E-state index in [-0.39, 0.29) is 24.4 Å². The lowest BCUT2D eigenvalue weighted by atomic mass is 10.1. The van der Waals surface area contributed by atoms with Crippen LogP contribution in [0.25, 0.3) is 0 Å². The molecule has 0 spiro atoms. The summed E-state index contributed by atoms with van der Waals surface area (Å²) in [4.78, 5) is 28.8. The molecule has 2 aromatic heterocycles. The lowest BCUT2D eigenvalue weighted by Crippen LogP contribution is -2.03. The SMILES string of the molecule is O=C(CCC(=O)c1cc[nH]c1)c1cc[nH]c1. The third-order valence-electron chi connectivity index (χ3n) is 2.42. The number of aromatic nitrogens is 2. The number of ketones is 2. The van der Waals surface area contributed by atoms with Crippen LogP contribution < -0.4 is 0 Å². The van der Waals surface area contributed by atoms with E-state index >= 15 is 0 Å². The molecule has 0 saturated heterocycles. The van der Waals surface area contributed by atoms with Crippen molar-refractivity contribution in [1.82, 2.24) is 9.97 Å². The van der Waals surface area contributed by atoms with Gasteiger partial charge in [-0.1, -0.05) is 0 Å². The summed E-state index contributed by atoms with van der Waals surface area (Å²) >= 11 is 0. The van der Waals surface area contributed by atoms with E-state index in [4.69, 9.17) is 0 Å². The molecule has 2 heterocycles. The Morgan fingerprint density at radius 2 is 1.31 bits per heavy atom. The largest absolute Gasteiger partial charge is 0.367 e. The first-order valence-electron chi connectivity index (χ1n) is 5.09. The Labute approximate surface area is 92.7 Å². The molecule has 16 heavy (non-hydrogen) atoms.